The van der Waals surface area contributed by atoms with Gasteiger partial charge in [-0.05, 0) is 24.1 Å². The third-order valence-corrected chi connectivity index (χ3v) is 2.26. The Morgan fingerprint density at radius 1 is 1.43 bits per heavy atom. The second-order valence-corrected chi connectivity index (χ2v) is 4.07. The number of rotatable bonds is 6. The highest BCUT2D eigenvalue weighted by Gasteiger charge is 2.20. The van der Waals surface area contributed by atoms with Gasteiger partial charge in [0.15, 0.2) is 6.04 Å². The van der Waals surface area contributed by atoms with Crippen molar-refractivity contribution in [3.8, 4) is 0 Å². The number of aliphatic carboxylic acids is 1. The molecule has 0 unspecified atom stereocenters. The van der Waals surface area contributed by atoms with E-state index in [2.05, 4.69) is 31.4 Å². The number of allylic oxidation sites excluding steroid dienone is 1. The minimum atomic E-state index is -1.08. The summed E-state index contributed by atoms with van der Waals surface area (Å²) >= 11 is 1.28. The summed E-state index contributed by atoms with van der Waals surface area (Å²) in [6.07, 6.45) is 0. The molecule has 0 heterocycles. The Morgan fingerprint density at radius 3 is 2.21 bits per heavy atom. The van der Waals surface area contributed by atoms with Gasteiger partial charge in [0, 0.05) is 4.91 Å². The van der Waals surface area contributed by atoms with Crippen LogP contribution in [0.1, 0.15) is 6.92 Å². The molecular weight excluding hydrogens is 198 g/mol. The summed E-state index contributed by atoms with van der Waals surface area (Å²) in [6.45, 7) is 16.0. The van der Waals surface area contributed by atoms with Gasteiger partial charge < -0.3 is 5.11 Å². The molecule has 0 spiro atoms. The maximum atomic E-state index is 10.7. The number of hydrogen-bond donors (Lipinski definition) is 1. The molecule has 76 valence electrons. The first kappa shape index (κ1) is 12.7. The van der Waals surface area contributed by atoms with Crippen molar-refractivity contribution in [2.24, 2.45) is 4.99 Å². The molecule has 0 saturated heterocycles. The van der Waals surface area contributed by atoms with Crippen molar-refractivity contribution in [2.45, 2.75) is 13.0 Å². The van der Waals surface area contributed by atoms with Gasteiger partial charge in [0.05, 0.1) is 0 Å². The third kappa shape index (κ3) is 3.62. The first-order chi connectivity index (χ1) is 6.40. The van der Waals surface area contributed by atoms with Gasteiger partial charge in [0.1, 0.15) is 0 Å². The number of thioether (sulfide) groups is 1. The van der Waals surface area contributed by atoms with E-state index >= 15 is 0 Å². The normalized spacial score (nSPS) is 11.5. The fourth-order valence-electron chi connectivity index (χ4n) is 0.766. The van der Waals surface area contributed by atoms with Crippen molar-refractivity contribution >= 4 is 24.4 Å². The fourth-order valence-corrected chi connectivity index (χ4v) is 1.43. The van der Waals surface area contributed by atoms with E-state index in [4.69, 9.17) is 5.11 Å². The molecule has 0 aliphatic rings. The monoisotopic (exact) mass is 211 g/mol. The van der Waals surface area contributed by atoms with E-state index in [1.54, 1.807) is 6.92 Å². The maximum absolute atomic E-state index is 10.7. The lowest BCUT2D eigenvalue weighted by molar-refractivity contribution is -0.137. The van der Waals surface area contributed by atoms with Gasteiger partial charge in [-0.15, -0.1) is 0 Å². The van der Waals surface area contributed by atoms with E-state index in [-0.39, 0.29) is 0 Å². The van der Waals surface area contributed by atoms with E-state index in [1.807, 2.05) is 0 Å². The molecule has 0 aliphatic heterocycles. The van der Waals surface area contributed by atoms with E-state index in [9.17, 15) is 4.79 Å². The molecule has 0 amide bonds. The SMILES string of the molecule is C=N[C@@H](C(=C)C(=C)SC(=C)C)C(=O)O. The number of carboxylic acid groups (broad SMARTS) is 1. The molecule has 0 radical (unpaired) electrons. The van der Waals surface area contributed by atoms with Crippen molar-refractivity contribution in [3.63, 3.8) is 0 Å². The molecule has 0 saturated carbocycles. The Kier molecular flexibility index (Phi) is 4.94. The zero-order valence-corrected chi connectivity index (χ0v) is 8.93. The zero-order chi connectivity index (χ0) is 11.3. The van der Waals surface area contributed by atoms with Crippen molar-refractivity contribution < 1.29 is 9.90 Å². The summed E-state index contributed by atoms with van der Waals surface area (Å²) in [5, 5.41) is 8.76. The molecule has 0 rings (SSSR count). The summed E-state index contributed by atoms with van der Waals surface area (Å²) in [4.78, 5) is 15.5. The van der Waals surface area contributed by atoms with Crippen LogP contribution in [0.4, 0.5) is 0 Å². The number of hydrogen-bond acceptors (Lipinski definition) is 3. The molecule has 14 heavy (non-hydrogen) atoms. The molecule has 0 aliphatic carbocycles. The van der Waals surface area contributed by atoms with Crippen LogP contribution >= 0.6 is 11.8 Å². The second kappa shape index (κ2) is 5.44. The Morgan fingerprint density at radius 2 is 1.93 bits per heavy atom. The predicted molar refractivity (Wildman–Crippen MR) is 61.7 cm³/mol. The molecule has 0 bridgehead atoms. The van der Waals surface area contributed by atoms with Crippen molar-refractivity contribution in [2.75, 3.05) is 0 Å². The summed E-state index contributed by atoms with van der Waals surface area (Å²) in [5.41, 5.74) is 0.348. The van der Waals surface area contributed by atoms with E-state index in [0.717, 1.165) is 4.91 Å². The highest BCUT2D eigenvalue weighted by Crippen LogP contribution is 2.29. The number of aliphatic imine (C=N–C) groups is 1. The second-order valence-electron chi connectivity index (χ2n) is 2.68. The first-order valence-corrected chi connectivity index (χ1v) is 4.61. The van der Waals surface area contributed by atoms with Crippen LogP contribution in [-0.4, -0.2) is 23.8 Å². The van der Waals surface area contributed by atoms with Gasteiger partial charge in [0.2, 0.25) is 0 Å². The Hall–Kier alpha value is -1.29. The minimum Gasteiger partial charge on any atom is -0.479 e. The quantitative estimate of drug-likeness (QED) is 0.542. The standard InChI is InChI=1S/C10H13NO2S/c1-6(2)14-8(4)7(3)9(11-5)10(12)13/h9H,1,3-5H2,2H3,(H,12,13)/t9-/m0/s1. The van der Waals surface area contributed by atoms with Gasteiger partial charge in [-0.1, -0.05) is 31.5 Å². The first-order valence-electron chi connectivity index (χ1n) is 3.80. The van der Waals surface area contributed by atoms with Gasteiger partial charge in [0.25, 0.3) is 0 Å². The lowest BCUT2D eigenvalue weighted by atomic mass is 10.1. The lowest BCUT2D eigenvalue weighted by Crippen LogP contribution is -2.19. The van der Waals surface area contributed by atoms with Crippen LogP contribution in [0.3, 0.4) is 0 Å². The minimum absolute atomic E-state index is 0.348. The maximum Gasteiger partial charge on any atom is 0.333 e. The average molecular weight is 211 g/mol. The van der Waals surface area contributed by atoms with E-state index in [1.165, 1.54) is 11.8 Å². The Balaban J connectivity index is 4.59. The third-order valence-electron chi connectivity index (χ3n) is 1.40. The van der Waals surface area contributed by atoms with Crippen molar-refractivity contribution in [1.82, 2.24) is 0 Å². The van der Waals surface area contributed by atoms with E-state index in [0.29, 0.717) is 10.5 Å². The van der Waals surface area contributed by atoms with Crippen LogP contribution < -0.4 is 0 Å². The lowest BCUT2D eigenvalue weighted by Gasteiger charge is -2.12. The molecule has 0 aromatic carbocycles. The van der Waals surface area contributed by atoms with Crippen LogP contribution in [0.2, 0.25) is 0 Å². The summed E-state index contributed by atoms with van der Waals surface area (Å²) in [6, 6.07) is -1.02. The van der Waals surface area contributed by atoms with Gasteiger partial charge in [-0.3, -0.25) is 4.99 Å². The Labute approximate surface area is 87.9 Å². The van der Waals surface area contributed by atoms with Crippen LogP contribution in [0.15, 0.2) is 40.1 Å². The van der Waals surface area contributed by atoms with Crippen LogP contribution in [0, 0.1) is 0 Å². The van der Waals surface area contributed by atoms with Gasteiger partial charge >= 0.3 is 5.97 Å². The molecule has 4 heteroatoms. The van der Waals surface area contributed by atoms with E-state index < -0.39 is 12.0 Å². The summed E-state index contributed by atoms with van der Waals surface area (Å²) < 4.78 is 0. The Bertz CT molecular complexity index is 307. The topological polar surface area (TPSA) is 49.7 Å². The molecule has 0 fully saturated rings. The largest absolute Gasteiger partial charge is 0.479 e. The molecular formula is C10H13NO2S. The average Bonchev–Trinajstić information content (AvgIpc) is 2.03. The molecule has 3 nitrogen and oxygen atoms in total. The van der Waals surface area contributed by atoms with Gasteiger partial charge in [-0.25, -0.2) is 4.79 Å². The molecule has 0 aromatic heterocycles. The number of carboxylic acids is 1. The highest BCUT2D eigenvalue weighted by molar-refractivity contribution is 8.06. The molecule has 1 atom stereocenters. The predicted octanol–water partition coefficient (Wildman–Crippen LogP) is 2.48. The van der Waals surface area contributed by atoms with Crippen LogP contribution in [0.5, 0.6) is 0 Å². The van der Waals surface area contributed by atoms with Crippen molar-refractivity contribution in [3.05, 3.63) is 35.1 Å². The fraction of sp³-hybridized carbons (Fsp3) is 0.200. The smallest absolute Gasteiger partial charge is 0.333 e. The number of nitrogens with zero attached hydrogens (tertiary/aromatic N) is 1. The van der Waals surface area contributed by atoms with Crippen molar-refractivity contribution in [1.29, 1.82) is 0 Å². The molecule has 0 aromatic rings. The highest BCUT2D eigenvalue weighted by atomic mass is 32.2. The van der Waals surface area contributed by atoms with Crippen LogP contribution in [0.25, 0.3) is 0 Å². The number of carbonyl (C=O) groups is 1. The van der Waals surface area contributed by atoms with Gasteiger partial charge in [-0.2, -0.15) is 0 Å². The molecule has 1 N–H and O–H groups in total. The summed E-state index contributed by atoms with van der Waals surface area (Å²) in [7, 11) is 0. The summed E-state index contributed by atoms with van der Waals surface area (Å²) in [5.74, 6) is -1.08. The van der Waals surface area contributed by atoms with Crippen LogP contribution in [-0.2, 0) is 4.79 Å². The zero-order valence-electron chi connectivity index (χ0n) is 8.12.